The molecule has 0 saturated carbocycles. The zero-order valence-electron chi connectivity index (χ0n) is 11.9. The first-order valence-corrected chi connectivity index (χ1v) is 7.55. The number of nitrogens with one attached hydrogen (secondary N) is 2. The summed E-state index contributed by atoms with van der Waals surface area (Å²) in [5, 5.41) is 17.9. The number of nitrogens with zero attached hydrogens (tertiary/aromatic N) is 2. The molecule has 1 saturated heterocycles. The minimum absolute atomic E-state index is 0.301. The lowest BCUT2D eigenvalue weighted by atomic mass is 9.98. The summed E-state index contributed by atoms with van der Waals surface area (Å²) in [6.45, 7) is 3.21. The molecule has 2 heterocycles. The molecule has 108 valence electrons. The minimum atomic E-state index is 0.301. The van der Waals surface area contributed by atoms with Gasteiger partial charge in [-0.15, -0.1) is 0 Å². The van der Waals surface area contributed by atoms with Gasteiger partial charge >= 0.3 is 0 Å². The fourth-order valence-electron chi connectivity index (χ4n) is 2.83. The summed E-state index contributed by atoms with van der Waals surface area (Å²) in [7, 11) is 0. The van der Waals surface area contributed by atoms with Crippen molar-refractivity contribution in [1.82, 2.24) is 10.3 Å². The van der Waals surface area contributed by atoms with E-state index in [1.165, 1.54) is 0 Å². The normalized spacial score (nSPS) is 22.0. The number of hydrogen-bond acceptors (Lipinski definition) is 4. The maximum atomic E-state index is 9.36. The van der Waals surface area contributed by atoms with E-state index in [4.69, 9.17) is 11.6 Å². The first-order valence-electron chi connectivity index (χ1n) is 7.17. The maximum Gasteiger partial charge on any atom is 0.103 e. The van der Waals surface area contributed by atoms with E-state index in [0.29, 0.717) is 22.7 Å². The van der Waals surface area contributed by atoms with Gasteiger partial charge in [0.15, 0.2) is 0 Å². The van der Waals surface area contributed by atoms with E-state index in [0.717, 1.165) is 36.0 Å². The van der Waals surface area contributed by atoms with Gasteiger partial charge in [0, 0.05) is 28.7 Å². The van der Waals surface area contributed by atoms with Crippen LogP contribution in [0.15, 0.2) is 24.4 Å². The molecule has 2 aromatic rings. The van der Waals surface area contributed by atoms with Gasteiger partial charge in [0.05, 0.1) is 16.8 Å². The van der Waals surface area contributed by atoms with E-state index in [1.807, 2.05) is 18.2 Å². The molecule has 4 nitrogen and oxygen atoms in total. The second-order valence-electron chi connectivity index (χ2n) is 5.46. The Morgan fingerprint density at radius 3 is 3.10 bits per heavy atom. The van der Waals surface area contributed by atoms with Crippen LogP contribution in [0.4, 0.5) is 5.69 Å². The number of anilines is 1. The molecule has 5 heteroatoms. The predicted octanol–water partition coefficient (Wildman–Crippen LogP) is 3.31. The number of fused-ring (bicyclic) bond motifs is 1. The lowest BCUT2D eigenvalue weighted by Gasteiger charge is -2.32. The molecule has 0 bridgehead atoms. The molecule has 1 aromatic carbocycles. The molecule has 0 spiro atoms. The van der Waals surface area contributed by atoms with Crippen LogP contribution in [0, 0.1) is 11.3 Å². The fraction of sp³-hybridized carbons (Fsp3) is 0.375. The highest BCUT2D eigenvalue weighted by Gasteiger charge is 2.22. The average molecular weight is 301 g/mol. The summed E-state index contributed by atoms with van der Waals surface area (Å²) in [6.07, 6.45) is 3.84. The van der Waals surface area contributed by atoms with E-state index in [9.17, 15) is 5.26 Å². The van der Waals surface area contributed by atoms with Crippen LogP contribution >= 0.6 is 11.6 Å². The van der Waals surface area contributed by atoms with E-state index >= 15 is 0 Å². The Bertz CT molecular complexity index is 707. The topological polar surface area (TPSA) is 60.7 Å². The van der Waals surface area contributed by atoms with Gasteiger partial charge in [-0.05, 0) is 44.5 Å². The maximum absolute atomic E-state index is 9.36. The van der Waals surface area contributed by atoms with Crippen molar-refractivity contribution in [3.63, 3.8) is 0 Å². The predicted molar refractivity (Wildman–Crippen MR) is 85.6 cm³/mol. The third-order valence-electron chi connectivity index (χ3n) is 4.04. The molecule has 2 N–H and O–H groups in total. The van der Waals surface area contributed by atoms with Crippen LogP contribution in [0.3, 0.4) is 0 Å². The van der Waals surface area contributed by atoms with Crippen molar-refractivity contribution in [2.75, 3.05) is 11.9 Å². The van der Waals surface area contributed by atoms with Crippen LogP contribution in [0.2, 0.25) is 5.02 Å². The van der Waals surface area contributed by atoms with Crippen LogP contribution in [-0.4, -0.2) is 23.6 Å². The van der Waals surface area contributed by atoms with Gasteiger partial charge in [-0.1, -0.05) is 11.6 Å². The van der Waals surface area contributed by atoms with Crippen molar-refractivity contribution in [1.29, 1.82) is 5.26 Å². The second kappa shape index (κ2) is 5.88. The third kappa shape index (κ3) is 2.80. The molecule has 1 fully saturated rings. The number of nitriles is 1. The Kier molecular flexibility index (Phi) is 3.96. The van der Waals surface area contributed by atoms with Crippen LogP contribution in [0.5, 0.6) is 0 Å². The van der Waals surface area contributed by atoms with Crippen molar-refractivity contribution in [3.05, 3.63) is 35.0 Å². The third-order valence-corrected chi connectivity index (χ3v) is 4.28. The Balaban J connectivity index is 2.06. The van der Waals surface area contributed by atoms with Crippen molar-refractivity contribution in [3.8, 4) is 6.07 Å². The summed E-state index contributed by atoms with van der Waals surface area (Å²) in [5.74, 6) is 0. The molecular weight excluding hydrogens is 284 g/mol. The highest BCUT2D eigenvalue weighted by Crippen LogP contribution is 2.29. The minimum Gasteiger partial charge on any atom is -0.379 e. The Labute approximate surface area is 129 Å². The molecule has 1 aliphatic rings. The Morgan fingerprint density at radius 1 is 1.48 bits per heavy atom. The van der Waals surface area contributed by atoms with Gasteiger partial charge in [0.25, 0.3) is 0 Å². The summed E-state index contributed by atoms with van der Waals surface area (Å²) in [4.78, 5) is 4.33. The zero-order chi connectivity index (χ0) is 14.8. The monoisotopic (exact) mass is 300 g/mol. The molecular formula is C16H17ClN4. The summed E-state index contributed by atoms with van der Waals surface area (Å²) >= 11 is 6.11. The van der Waals surface area contributed by atoms with Gasteiger partial charge in [0.1, 0.15) is 6.07 Å². The quantitative estimate of drug-likeness (QED) is 0.893. The highest BCUT2D eigenvalue weighted by atomic mass is 35.5. The van der Waals surface area contributed by atoms with Crippen molar-refractivity contribution >= 4 is 28.2 Å². The van der Waals surface area contributed by atoms with Gasteiger partial charge in [-0.25, -0.2) is 0 Å². The Morgan fingerprint density at radius 2 is 2.33 bits per heavy atom. The van der Waals surface area contributed by atoms with Crippen LogP contribution in [0.25, 0.3) is 10.9 Å². The van der Waals surface area contributed by atoms with Gasteiger partial charge < -0.3 is 10.6 Å². The largest absolute Gasteiger partial charge is 0.379 e. The molecule has 1 aromatic heterocycles. The lowest BCUT2D eigenvalue weighted by Crippen LogP contribution is -2.46. The number of benzene rings is 1. The summed E-state index contributed by atoms with van der Waals surface area (Å²) < 4.78 is 0. The van der Waals surface area contributed by atoms with E-state index in [-0.39, 0.29) is 0 Å². The molecule has 0 aliphatic carbocycles. The Hall–Kier alpha value is -1.83. The summed E-state index contributed by atoms with van der Waals surface area (Å²) in [5.41, 5.74) is 2.24. The van der Waals surface area contributed by atoms with Crippen LogP contribution < -0.4 is 10.6 Å². The zero-order valence-corrected chi connectivity index (χ0v) is 12.6. The van der Waals surface area contributed by atoms with Crippen LogP contribution in [-0.2, 0) is 0 Å². The molecule has 0 amide bonds. The van der Waals surface area contributed by atoms with E-state index in [2.05, 4.69) is 28.6 Å². The number of pyridine rings is 1. The summed E-state index contributed by atoms with van der Waals surface area (Å²) in [6, 6.07) is 8.46. The van der Waals surface area contributed by atoms with Gasteiger partial charge in [0.2, 0.25) is 0 Å². The number of rotatable bonds is 2. The first-order chi connectivity index (χ1) is 10.2. The highest BCUT2D eigenvalue weighted by molar-refractivity contribution is 6.31. The molecule has 3 rings (SSSR count). The van der Waals surface area contributed by atoms with Crippen molar-refractivity contribution < 1.29 is 0 Å². The average Bonchev–Trinajstić information content (AvgIpc) is 2.50. The van der Waals surface area contributed by atoms with E-state index in [1.54, 1.807) is 6.20 Å². The molecule has 0 radical (unpaired) electrons. The second-order valence-corrected chi connectivity index (χ2v) is 5.89. The fourth-order valence-corrected chi connectivity index (χ4v) is 3.00. The lowest BCUT2D eigenvalue weighted by molar-refractivity contribution is 0.389. The first kappa shape index (κ1) is 14.1. The van der Waals surface area contributed by atoms with E-state index < -0.39 is 0 Å². The van der Waals surface area contributed by atoms with Gasteiger partial charge in [-0.3, -0.25) is 4.98 Å². The molecule has 2 atom stereocenters. The number of halogens is 1. The smallest absolute Gasteiger partial charge is 0.103 e. The number of hydrogen-bond donors (Lipinski definition) is 2. The van der Waals surface area contributed by atoms with Crippen molar-refractivity contribution in [2.45, 2.75) is 31.8 Å². The standard InChI is InChI=1S/C16H17ClN4/c1-10-14(3-2-6-19-10)21-16-11(8-18)9-20-15-5-4-12(17)7-13(15)16/h4-5,7,9-10,14,19H,2-3,6H2,1H3,(H,20,21)/t10-,14-/m0/s1. The number of piperidine rings is 1. The SMILES string of the molecule is C[C@@H]1NCCC[C@@H]1Nc1c(C#N)cnc2ccc(Cl)cc12. The molecule has 21 heavy (non-hydrogen) atoms. The number of aromatic nitrogens is 1. The van der Waals surface area contributed by atoms with Crippen LogP contribution in [0.1, 0.15) is 25.3 Å². The molecule has 0 unspecified atom stereocenters. The molecule has 1 aliphatic heterocycles. The van der Waals surface area contributed by atoms with Crippen molar-refractivity contribution in [2.24, 2.45) is 0 Å². The van der Waals surface area contributed by atoms with Gasteiger partial charge in [-0.2, -0.15) is 5.26 Å².